The van der Waals surface area contributed by atoms with E-state index in [1.165, 1.54) is 15.6 Å². The molecule has 0 unspecified atom stereocenters. The molecule has 150 valence electrons. The SMILES string of the molecule is CC[C@@H]1CCCCN1C(=O)C[NH+]1CCN(S(=O)(=O)c2ccc(Cl)cc2)CC1. The number of carbonyl (C=O) groups excluding carboxylic acids is 1. The minimum absolute atomic E-state index is 0.213. The fourth-order valence-electron chi connectivity index (χ4n) is 4.04. The first kappa shape index (κ1) is 20.6. The maximum Gasteiger partial charge on any atom is 0.278 e. The molecule has 0 radical (unpaired) electrons. The lowest BCUT2D eigenvalue weighted by Crippen LogP contribution is -3.15. The summed E-state index contributed by atoms with van der Waals surface area (Å²) in [6.07, 6.45) is 4.40. The zero-order chi connectivity index (χ0) is 19.4. The first-order chi connectivity index (χ1) is 12.9. The number of hydrogen-bond donors (Lipinski definition) is 1. The number of piperidine rings is 1. The molecule has 0 aliphatic carbocycles. The highest BCUT2D eigenvalue weighted by molar-refractivity contribution is 7.89. The van der Waals surface area contributed by atoms with Crippen LogP contribution in [-0.4, -0.2) is 68.8 Å². The first-order valence-electron chi connectivity index (χ1n) is 9.80. The molecule has 1 N–H and O–H groups in total. The highest BCUT2D eigenvalue weighted by Gasteiger charge is 2.33. The van der Waals surface area contributed by atoms with Crippen LogP contribution in [0.25, 0.3) is 0 Å². The molecular formula is C19H29ClN3O3S+. The number of rotatable bonds is 5. The minimum atomic E-state index is -3.50. The van der Waals surface area contributed by atoms with E-state index < -0.39 is 10.0 Å². The van der Waals surface area contributed by atoms with Crippen molar-refractivity contribution in [3.8, 4) is 0 Å². The summed E-state index contributed by atoms with van der Waals surface area (Å²) < 4.78 is 27.0. The fraction of sp³-hybridized carbons (Fsp3) is 0.632. The second kappa shape index (κ2) is 8.90. The molecule has 1 atom stereocenters. The molecule has 1 aromatic rings. The van der Waals surface area contributed by atoms with Gasteiger partial charge >= 0.3 is 0 Å². The number of amides is 1. The Morgan fingerprint density at radius 2 is 1.81 bits per heavy atom. The molecule has 2 heterocycles. The van der Waals surface area contributed by atoms with E-state index in [-0.39, 0.29) is 10.8 Å². The molecule has 2 aliphatic heterocycles. The lowest BCUT2D eigenvalue weighted by atomic mass is 10.00. The molecule has 0 saturated carbocycles. The molecule has 1 amide bonds. The summed E-state index contributed by atoms with van der Waals surface area (Å²) >= 11 is 5.85. The summed E-state index contributed by atoms with van der Waals surface area (Å²) in [7, 11) is -3.50. The smallest absolute Gasteiger partial charge is 0.278 e. The predicted molar refractivity (Wildman–Crippen MR) is 105 cm³/mol. The Balaban J connectivity index is 1.55. The van der Waals surface area contributed by atoms with Crippen molar-refractivity contribution < 1.29 is 18.1 Å². The van der Waals surface area contributed by atoms with Crippen LogP contribution in [0.3, 0.4) is 0 Å². The molecule has 0 spiro atoms. The number of quaternary nitrogens is 1. The maximum absolute atomic E-state index is 12.8. The van der Waals surface area contributed by atoms with Crippen molar-refractivity contribution >= 4 is 27.5 Å². The Morgan fingerprint density at radius 1 is 1.15 bits per heavy atom. The second-order valence-electron chi connectivity index (χ2n) is 7.43. The Bertz CT molecular complexity index is 746. The van der Waals surface area contributed by atoms with Crippen molar-refractivity contribution in [2.45, 2.75) is 43.5 Å². The zero-order valence-electron chi connectivity index (χ0n) is 15.9. The Morgan fingerprint density at radius 3 is 2.44 bits per heavy atom. The van der Waals surface area contributed by atoms with Gasteiger partial charge in [-0.25, -0.2) is 8.42 Å². The third-order valence-electron chi connectivity index (χ3n) is 5.70. The standard InChI is InChI=1S/C19H28ClN3O3S/c1-2-17-5-3-4-10-23(17)19(24)15-21-11-13-22(14-12-21)27(25,26)18-8-6-16(20)7-9-18/h6-9,17H,2-5,10-15H2,1H3/p+1/t17-/m1/s1. The lowest BCUT2D eigenvalue weighted by molar-refractivity contribution is -0.896. The van der Waals surface area contributed by atoms with Crippen LogP contribution in [-0.2, 0) is 14.8 Å². The van der Waals surface area contributed by atoms with Crippen LogP contribution in [0.5, 0.6) is 0 Å². The minimum Gasteiger partial charge on any atom is -0.335 e. The van der Waals surface area contributed by atoms with Gasteiger partial charge in [-0.1, -0.05) is 18.5 Å². The van der Waals surface area contributed by atoms with Gasteiger partial charge < -0.3 is 9.80 Å². The van der Waals surface area contributed by atoms with Gasteiger partial charge in [0.15, 0.2) is 6.54 Å². The summed E-state index contributed by atoms with van der Waals surface area (Å²) in [5.74, 6) is 0.213. The number of nitrogens with zero attached hydrogens (tertiary/aromatic N) is 2. The number of sulfonamides is 1. The van der Waals surface area contributed by atoms with Gasteiger partial charge in [0.2, 0.25) is 10.0 Å². The maximum atomic E-state index is 12.8. The molecule has 3 rings (SSSR count). The number of nitrogens with one attached hydrogen (secondary N) is 1. The topological polar surface area (TPSA) is 62.1 Å². The average molecular weight is 415 g/mol. The summed E-state index contributed by atoms with van der Waals surface area (Å²) in [4.78, 5) is 16.2. The van der Waals surface area contributed by atoms with Gasteiger partial charge in [-0.05, 0) is 49.9 Å². The van der Waals surface area contributed by atoms with Crippen LogP contribution in [0.1, 0.15) is 32.6 Å². The number of benzene rings is 1. The Hall–Kier alpha value is -1.15. The molecule has 2 fully saturated rings. The number of carbonyl (C=O) groups is 1. The normalized spacial score (nSPS) is 22.7. The number of likely N-dealkylation sites (tertiary alicyclic amines) is 1. The largest absolute Gasteiger partial charge is 0.335 e. The van der Waals surface area contributed by atoms with E-state index in [1.54, 1.807) is 24.3 Å². The van der Waals surface area contributed by atoms with E-state index >= 15 is 0 Å². The molecule has 6 nitrogen and oxygen atoms in total. The molecule has 2 aliphatic rings. The molecule has 0 aromatic heterocycles. The van der Waals surface area contributed by atoms with Crippen LogP contribution >= 0.6 is 11.6 Å². The van der Waals surface area contributed by atoms with Crippen molar-refractivity contribution in [1.82, 2.24) is 9.21 Å². The van der Waals surface area contributed by atoms with Gasteiger partial charge in [0, 0.05) is 17.6 Å². The second-order valence-corrected chi connectivity index (χ2v) is 9.80. The van der Waals surface area contributed by atoms with Crippen molar-refractivity contribution in [3.05, 3.63) is 29.3 Å². The third kappa shape index (κ3) is 4.83. The van der Waals surface area contributed by atoms with Gasteiger partial charge in [-0.15, -0.1) is 0 Å². The molecule has 1 aromatic carbocycles. The van der Waals surface area contributed by atoms with Crippen LogP contribution in [0.4, 0.5) is 0 Å². The van der Waals surface area contributed by atoms with E-state index in [1.807, 2.05) is 4.90 Å². The quantitative estimate of drug-likeness (QED) is 0.782. The van der Waals surface area contributed by atoms with E-state index in [0.29, 0.717) is 43.8 Å². The van der Waals surface area contributed by atoms with E-state index in [0.717, 1.165) is 25.8 Å². The molecule has 2 saturated heterocycles. The molecule has 27 heavy (non-hydrogen) atoms. The third-order valence-corrected chi connectivity index (χ3v) is 7.87. The summed E-state index contributed by atoms with van der Waals surface area (Å²) in [5.41, 5.74) is 0. The highest BCUT2D eigenvalue weighted by atomic mass is 35.5. The summed E-state index contributed by atoms with van der Waals surface area (Å²) in [6.45, 7) is 5.65. The van der Waals surface area contributed by atoms with Crippen LogP contribution in [0, 0.1) is 0 Å². The fourth-order valence-corrected chi connectivity index (χ4v) is 5.61. The average Bonchev–Trinajstić information content (AvgIpc) is 2.68. The molecule has 0 bridgehead atoms. The van der Waals surface area contributed by atoms with Crippen molar-refractivity contribution in [2.75, 3.05) is 39.3 Å². The first-order valence-corrected chi connectivity index (χ1v) is 11.6. The van der Waals surface area contributed by atoms with E-state index in [2.05, 4.69) is 6.92 Å². The number of halogens is 1. The van der Waals surface area contributed by atoms with Crippen molar-refractivity contribution in [3.63, 3.8) is 0 Å². The van der Waals surface area contributed by atoms with Gasteiger partial charge in [-0.2, -0.15) is 4.31 Å². The van der Waals surface area contributed by atoms with Crippen molar-refractivity contribution in [1.29, 1.82) is 0 Å². The lowest BCUT2D eigenvalue weighted by Gasteiger charge is -2.37. The molecule has 8 heteroatoms. The number of piperazine rings is 1. The zero-order valence-corrected chi connectivity index (χ0v) is 17.4. The summed E-state index contributed by atoms with van der Waals surface area (Å²) in [6, 6.07) is 6.65. The molecular weight excluding hydrogens is 386 g/mol. The van der Waals surface area contributed by atoms with Gasteiger partial charge in [0.25, 0.3) is 5.91 Å². The van der Waals surface area contributed by atoms with E-state index in [4.69, 9.17) is 11.6 Å². The summed E-state index contributed by atoms with van der Waals surface area (Å²) in [5, 5.41) is 0.518. The predicted octanol–water partition coefficient (Wildman–Crippen LogP) is 1.02. The number of hydrogen-bond acceptors (Lipinski definition) is 3. The Labute approximate surface area is 167 Å². The van der Waals surface area contributed by atoms with Gasteiger partial charge in [0.1, 0.15) is 0 Å². The van der Waals surface area contributed by atoms with Crippen LogP contribution < -0.4 is 4.90 Å². The highest BCUT2D eigenvalue weighted by Crippen LogP contribution is 2.20. The monoisotopic (exact) mass is 414 g/mol. The van der Waals surface area contributed by atoms with Gasteiger partial charge in [0.05, 0.1) is 31.1 Å². The van der Waals surface area contributed by atoms with Crippen LogP contribution in [0.2, 0.25) is 5.02 Å². The van der Waals surface area contributed by atoms with E-state index in [9.17, 15) is 13.2 Å². The van der Waals surface area contributed by atoms with Crippen LogP contribution in [0.15, 0.2) is 29.2 Å². The van der Waals surface area contributed by atoms with Gasteiger partial charge in [-0.3, -0.25) is 4.79 Å². The Kier molecular flexibility index (Phi) is 6.78. The van der Waals surface area contributed by atoms with Crippen molar-refractivity contribution in [2.24, 2.45) is 0 Å².